The molecule has 0 aromatic carbocycles. The quantitative estimate of drug-likeness (QED) is 0.559. The molecule has 1 aromatic heterocycles. The molecule has 0 unspecified atom stereocenters. The van der Waals surface area contributed by atoms with E-state index in [1.165, 1.54) is 6.20 Å². The Morgan fingerprint density at radius 3 is 2.56 bits per heavy atom. The van der Waals surface area contributed by atoms with Gasteiger partial charge in [0, 0.05) is 32.4 Å². The van der Waals surface area contributed by atoms with Gasteiger partial charge in [0.1, 0.15) is 12.2 Å². The van der Waals surface area contributed by atoms with Crippen LogP contribution < -0.4 is 4.90 Å². The molecule has 27 heavy (non-hydrogen) atoms. The van der Waals surface area contributed by atoms with Crippen molar-refractivity contribution in [2.24, 2.45) is 5.92 Å². The summed E-state index contributed by atoms with van der Waals surface area (Å²) < 4.78 is 39.7. The van der Waals surface area contributed by atoms with Crippen molar-refractivity contribution in [1.29, 1.82) is 0 Å². The number of aliphatic hydroxyl groups excluding tert-OH is 4. The van der Waals surface area contributed by atoms with E-state index in [1.807, 2.05) is 0 Å². The molecule has 3 heterocycles. The number of alkyl halides is 3. The van der Waals surface area contributed by atoms with Crippen LogP contribution in [-0.2, 0) is 6.18 Å². The number of halogens is 3. The van der Waals surface area contributed by atoms with Gasteiger partial charge in [-0.2, -0.15) is 13.2 Å². The number of nitrogens with zero attached hydrogens (tertiary/aromatic N) is 3. The van der Waals surface area contributed by atoms with Crippen LogP contribution in [0.5, 0.6) is 0 Å². The van der Waals surface area contributed by atoms with Gasteiger partial charge in [0.25, 0.3) is 0 Å². The number of aliphatic hydroxyl groups is 4. The summed E-state index contributed by atoms with van der Waals surface area (Å²) in [7, 11) is 0. The largest absolute Gasteiger partial charge is 0.418 e. The molecular weight excluding hydrogens is 367 g/mol. The number of likely N-dealkylation sites (tertiary alicyclic amines) is 1. The minimum absolute atomic E-state index is 0.00465. The maximum absolute atomic E-state index is 13.2. The van der Waals surface area contributed by atoms with Gasteiger partial charge >= 0.3 is 6.18 Å². The summed E-state index contributed by atoms with van der Waals surface area (Å²) >= 11 is 0. The van der Waals surface area contributed by atoms with Gasteiger partial charge in [-0.1, -0.05) is 0 Å². The van der Waals surface area contributed by atoms with Crippen molar-refractivity contribution in [2.75, 3.05) is 37.7 Å². The molecule has 0 aliphatic carbocycles. The molecule has 10 heteroatoms. The van der Waals surface area contributed by atoms with Crippen LogP contribution in [0.1, 0.15) is 12.0 Å². The van der Waals surface area contributed by atoms with E-state index in [0.29, 0.717) is 26.1 Å². The number of pyridine rings is 1. The van der Waals surface area contributed by atoms with Crippen LogP contribution in [-0.4, -0.2) is 87.4 Å². The fraction of sp³-hybridized carbons (Fsp3) is 0.706. The fourth-order valence-corrected chi connectivity index (χ4v) is 4.00. The first-order valence-electron chi connectivity index (χ1n) is 8.87. The third-order valence-corrected chi connectivity index (χ3v) is 5.44. The molecule has 0 spiro atoms. The predicted octanol–water partition coefficient (Wildman–Crippen LogP) is -0.314. The Bertz CT molecular complexity index is 648. The zero-order valence-electron chi connectivity index (χ0n) is 14.6. The molecule has 1 aromatic rings. The first-order valence-corrected chi connectivity index (χ1v) is 8.87. The molecule has 2 aliphatic heterocycles. The SMILES string of the molecule is OC[C@@H]1[C@@H](O)[C@H](O)[C@@H](O)CN1C[C@@H]1CCN(c2cnccc2C(F)(F)F)C1. The van der Waals surface area contributed by atoms with Crippen molar-refractivity contribution >= 4 is 5.69 Å². The summed E-state index contributed by atoms with van der Waals surface area (Å²) in [6.07, 6.45) is -5.25. The lowest BCUT2D eigenvalue weighted by atomic mass is 9.93. The highest BCUT2D eigenvalue weighted by atomic mass is 19.4. The minimum Gasteiger partial charge on any atom is -0.395 e. The lowest BCUT2D eigenvalue weighted by Crippen LogP contribution is -2.63. The second-order valence-corrected chi connectivity index (χ2v) is 7.24. The molecular formula is C17H24F3N3O4. The molecule has 5 atom stereocenters. The van der Waals surface area contributed by atoms with Crippen molar-refractivity contribution in [3.8, 4) is 0 Å². The predicted molar refractivity (Wildman–Crippen MR) is 90.0 cm³/mol. The minimum atomic E-state index is -4.46. The van der Waals surface area contributed by atoms with E-state index in [9.17, 15) is 33.6 Å². The summed E-state index contributed by atoms with van der Waals surface area (Å²) in [6, 6.07) is 0.241. The zero-order chi connectivity index (χ0) is 19.8. The Morgan fingerprint density at radius 2 is 1.89 bits per heavy atom. The molecule has 152 valence electrons. The van der Waals surface area contributed by atoms with E-state index in [0.717, 1.165) is 12.3 Å². The Morgan fingerprint density at radius 1 is 1.15 bits per heavy atom. The second kappa shape index (κ2) is 7.88. The summed E-state index contributed by atoms with van der Waals surface area (Å²) in [6.45, 7) is 0.899. The van der Waals surface area contributed by atoms with Crippen molar-refractivity contribution in [1.82, 2.24) is 9.88 Å². The van der Waals surface area contributed by atoms with E-state index < -0.39 is 36.1 Å². The van der Waals surface area contributed by atoms with Gasteiger partial charge < -0.3 is 25.3 Å². The molecule has 7 nitrogen and oxygen atoms in total. The summed E-state index contributed by atoms with van der Waals surface area (Å²) in [5.74, 6) is -0.00465. The van der Waals surface area contributed by atoms with Crippen LogP contribution in [0.2, 0.25) is 0 Å². The molecule has 0 radical (unpaired) electrons. The molecule has 2 fully saturated rings. The van der Waals surface area contributed by atoms with E-state index in [2.05, 4.69) is 4.98 Å². The second-order valence-electron chi connectivity index (χ2n) is 7.24. The van der Waals surface area contributed by atoms with Gasteiger partial charge in [-0.15, -0.1) is 0 Å². The number of anilines is 1. The van der Waals surface area contributed by atoms with E-state index in [1.54, 1.807) is 9.80 Å². The van der Waals surface area contributed by atoms with Gasteiger partial charge in [-0.3, -0.25) is 9.88 Å². The molecule has 0 bridgehead atoms. The molecule has 2 aliphatic rings. The Kier molecular flexibility index (Phi) is 5.92. The van der Waals surface area contributed by atoms with Crippen LogP contribution in [0.3, 0.4) is 0 Å². The number of piperidine rings is 1. The summed E-state index contributed by atoms with van der Waals surface area (Å²) in [5, 5.41) is 39.2. The van der Waals surface area contributed by atoms with Crippen LogP contribution in [0.25, 0.3) is 0 Å². The Labute approximate surface area is 154 Å². The van der Waals surface area contributed by atoms with Crippen LogP contribution in [0.15, 0.2) is 18.5 Å². The van der Waals surface area contributed by atoms with Gasteiger partial charge in [0.15, 0.2) is 0 Å². The highest BCUT2D eigenvalue weighted by Crippen LogP contribution is 2.38. The summed E-state index contributed by atoms with van der Waals surface area (Å²) in [4.78, 5) is 7.16. The topological polar surface area (TPSA) is 100 Å². The number of β-amino-alcohol motifs (C(OH)–C–C–N with tert-alkyl or cyclic N) is 1. The van der Waals surface area contributed by atoms with Crippen molar-refractivity contribution in [3.05, 3.63) is 24.0 Å². The average molecular weight is 391 g/mol. The van der Waals surface area contributed by atoms with Crippen LogP contribution in [0, 0.1) is 5.92 Å². The average Bonchev–Trinajstić information content (AvgIpc) is 3.08. The molecule has 3 rings (SSSR count). The number of hydrogen-bond acceptors (Lipinski definition) is 7. The van der Waals surface area contributed by atoms with Gasteiger partial charge in [0.05, 0.1) is 36.2 Å². The van der Waals surface area contributed by atoms with Crippen molar-refractivity contribution in [3.63, 3.8) is 0 Å². The monoisotopic (exact) mass is 391 g/mol. The number of aromatic nitrogens is 1. The van der Waals surface area contributed by atoms with E-state index in [-0.39, 0.29) is 24.8 Å². The van der Waals surface area contributed by atoms with Crippen LogP contribution >= 0.6 is 0 Å². The standard InChI is InChI=1S/C17H24F3N3O4/c18-17(19,20)11-1-3-21-5-12(11)22-4-2-10(6-22)7-23-8-14(25)16(27)15(26)13(23)9-24/h1,3,5,10,13-16,24-27H,2,4,6-9H2/t10-,13-,14+,15-,16-/m1/s1. The third-order valence-electron chi connectivity index (χ3n) is 5.44. The molecule has 2 saturated heterocycles. The van der Waals surface area contributed by atoms with E-state index in [4.69, 9.17) is 0 Å². The van der Waals surface area contributed by atoms with Crippen molar-refractivity contribution < 1.29 is 33.6 Å². The molecule has 4 N–H and O–H groups in total. The lowest BCUT2D eigenvalue weighted by molar-refractivity contribution is -0.147. The van der Waals surface area contributed by atoms with Crippen molar-refractivity contribution in [2.45, 2.75) is 37.0 Å². The van der Waals surface area contributed by atoms with E-state index >= 15 is 0 Å². The maximum Gasteiger partial charge on any atom is 0.418 e. The summed E-state index contributed by atoms with van der Waals surface area (Å²) in [5.41, 5.74) is -0.682. The van der Waals surface area contributed by atoms with Gasteiger partial charge in [-0.25, -0.2) is 0 Å². The maximum atomic E-state index is 13.2. The van der Waals surface area contributed by atoms with Gasteiger partial charge in [0.2, 0.25) is 0 Å². The zero-order valence-corrected chi connectivity index (χ0v) is 14.6. The Balaban J connectivity index is 1.69. The smallest absolute Gasteiger partial charge is 0.395 e. The first kappa shape index (κ1) is 20.3. The highest BCUT2D eigenvalue weighted by molar-refractivity contribution is 5.53. The molecule has 0 saturated carbocycles. The van der Waals surface area contributed by atoms with Gasteiger partial charge in [-0.05, 0) is 18.4 Å². The first-order chi connectivity index (χ1) is 12.7. The third kappa shape index (κ3) is 4.19. The Hall–Kier alpha value is -1.46. The van der Waals surface area contributed by atoms with Crippen LogP contribution in [0.4, 0.5) is 18.9 Å². The molecule has 0 amide bonds. The normalized spacial score (nSPS) is 32.9. The number of rotatable bonds is 4. The fourth-order valence-electron chi connectivity index (χ4n) is 4.00. The highest BCUT2D eigenvalue weighted by Gasteiger charge is 2.42. The number of hydrogen-bond donors (Lipinski definition) is 4. The lowest BCUT2D eigenvalue weighted by Gasteiger charge is -2.44.